The molecule has 1 saturated heterocycles. The van der Waals surface area contributed by atoms with Gasteiger partial charge >= 0.3 is 0 Å². The number of para-hydroxylation sites is 1. The number of benzene rings is 1. The molecule has 1 aliphatic carbocycles. The molecule has 2 heterocycles. The second-order valence-electron chi connectivity index (χ2n) is 7.24. The number of hydrogen-bond acceptors (Lipinski definition) is 3. The largest absolute Gasteiger partial charge is 0.354 e. The molecule has 0 spiro atoms. The minimum Gasteiger partial charge on any atom is -0.354 e. The van der Waals surface area contributed by atoms with Crippen LogP contribution in [0.1, 0.15) is 47.8 Å². The van der Waals surface area contributed by atoms with E-state index in [1.807, 2.05) is 24.3 Å². The van der Waals surface area contributed by atoms with Gasteiger partial charge in [-0.3, -0.25) is 14.6 Å². The first kappa shape index (κ1) is 16.1. The lowest BCUT2D eigenvalue weighted by molar-refractivity contribution is -0.124. The Balaban J connectivity index is 1.77. The van der Waals surface area contributed by atoms with Gasteiger partial charge in [-0.05, 0) is 49.7 Å². The molecule has 4 rings (SSSR count). The van der Waals surface area contributed by atoms with Gasteiger partial charge in [0, 0.05) is 17.6 Å². The smallest absolute Gasteiger partial charge is 0.252 e. The number of nitrogens with one attached hydrogen (secondary N) is 2. The third-order valence-corrected chi connectivity index (χ3v) is 5.32. The average molecular weight is 337 g/mol. The second-order valence-corrected chi connectivity index (χ2v) is 7.24. The molecule has 0 unspecified atom stereocenters. The third-order valence-electron chi connectivity index (χ3n) is 5.32. The molecular weight excluding hydrogens is 314 g/mol. The number of pyridine rings is 1. The van der Waals surface area contributed by atoms with Crippen molar-refractivity contribution in [2.24, 2.45) is 5.92 Å². The summed E-state index contributed by atoms with van der Waals surface area (Å²) in [5.41, 5.74) is 3.67. The molecule has 5 heteroatoms. The highest BCUT2D eigenvalue weighted by atomic mass is 16.2. The quantitative estimate of drug-likeness (QED) is 0.884. The van der Waals surface area contributed by atoms with E-state index in [1.54, 1.807) is 0 Å². The number of aryl methyl sites for hydroxylation is 1. The lowest BCUT2D eigenvalue weighted by atomic mass is 9.84. The molecule has 1 aliphatic heterocycles. The van der Waals surface area contributed by atoms with E-state index in [0.29, 0.717) is 24.4 Å². The summed E-state index contributed by atoms with van der Waals surface area (Å²) in [6.45, 7) is 2.91. The van der Waals surface area contributed by atoms with Gasteiger partial charge < -0.3 is 10.6 Å². The molecule has 2 atom stereocenters. The average Bonchev–Trinajstić information content (AvgIpc) is 2.61. The number of carbonyl (C=O) groups is 2. The van der Waals surface area contributed by atoms with Crippen LogP contribution in [0.25, 0.3) is 10.9 Å². The number of rotatable bonds is 2. The number of hydrogen-bond donors (Lipinski definition) is 2. The van der Waals surface area contributed by atoms with Crippen molar-refractivity contribution in [2.45, 2.75) is 45.1 Å². The summed E-state index contributed by atoms with van der Waals surface area (Å²) in [5, 5.41) is 6.67. The van der Waals surface area contributed by atoms with Crippen molar-refractivity contribution in [2.75, 3.05) is 6.54 Å². The van der Waals surface area contributed by atoms with Crippen LogP contribution in [0.3, 0.4) is 0 Å². The van der Waals surface area contributed by atoms with E-state index >= 15 is 0 Å². The van der Waals surface area contributed by atoms with Gasteiger partial charge in [-0.15, -0.1) is 0 Å². The van der Waals surface area contributed by atoms with Crippen LogP contribution < -0.4 is 10.6 Å². The molecule has 0 radical (unpaired) electrons. The predicted octanol–water partition coefficient (Wildman–Crippen LogP) is 2.37. The predicted molar refractivity (Wildman–Crippen MR) is 96.4 cm³/mol. The molecule has 130 valence electrons. The van der Waals surface area contributed by atoms with Crippen molar-refractivity contribution in [3.8, 4) is 0 Å². The van der Waals surface area contributed by atoms with Crippen LogP contribution in [0, 0.1) is 5.92 Å². The minimum absolute atomic E-state index is 0.0832. The van der Waals surface area contributed by atoms with Crippen LogP contribution in [0.4, 0.5) is 0 Å². The molecule has 2 aromatic rings. The fourth-order valence-electron chi connectivity index (χ4n) is 3.96. The van der Waals surface area contributed by atoms with Crippen LogP contribution in [0.5, 0.6) is 0 Å². The summed E-state index contributed by atoms with van der Waals surface area (Å²) in [7, 11) is 0. The highest BCUT2D eigenvalue weighted by molar-refractivity contribution is 6.09. The maximum atomic E-state index is 13.1. The molecule has 2 N–H and O–H groups in total. The van der Waals surface area contributed by atoms with Gasteiger partial charge in [-0.25, -0.2) is 0 Å². The summed E-state index contributed by atoms with van der Waals surface area (Å²) < 4.78 is 0. The van der Waals surface area contributed by atoms with Crippen molar-refractivity contribution >= 4 is 22.7 Å². The SMILES string of the molecule is C[C@@H]1CCc2nc3ccccc3c(C(=O)N[C@H]3CCCNC3=O)c2C1. The van der Waals surface area contributed by atoms with Gasteiger partial charge in [0.2, 0.25) is 5.91 Å². The second kappa shape index (κ2) is 6.47. The van der Waals surface area contributed by atoms with Gasteiger partial charge in [0.1, 0.15) is 6.04 Å². The summed E-state index contributed by atoms with van der Waals surface area (Å²) in [6, 6.07) is 7.36. The summed E-state index contributed by atoms with van der Waals surface area (Å²) >= 11 is 0. The van der Waals surface area contributed by atoms with Gasteiger partial charge in [-0.2, -0.15) is 0 Å². The summed E-state index contributed by atoms with van der Waals surface area (Å²) in [4.78, 5) is 30.0. The molecule has 2 aliphatic rings. The normalized spacial score (nSPS) is 23.0. The molecule has 0 bridgehead atoms. The maximum Gasteiger partial charge on any atom is 0.252 e. The Hall–Kier alpha value is -2.43. The lowest BCUT2D eigenvalue weighted by Crippen LogP contribution is -2.50. The van der Waals surface area contributed by atoms with E-state index in [2.05, 4.69) is 17.6 Å². The molecular formula is C20H23N3O2. The third kappa shape index (κ3) is 2.99. The molecule has 5 nitrogen and oxygen atoms in total. The lowest BCUT2D eigenvalue weighted by Gasteiger charge is -2.26. The Bertz CT molecular complexity index is 846. The zero-order valence-corrected chi connectivity index (χ0v) is 14.5. The molecule has 1 fully saturated rings. The number of aromatic nitrogens is 1. The van der Waals surface area contributed by atoms with E-state index in [-0.39, 0.29) is 11.8 Å². The zero-order valence-electron chi connectivity index (χ0n) is 14.5. The number of fused-ring (bicyclic) bond motifs is 2. The van der Waals surface area contributed by atoms with Gasteiger partial charge in [-0.1, -0.05) is 25.1 Å². The van der Waals surface area contributed by atoms with Crippen LogP contribution in [0.2, 0.25) is 0 Å². The molecule has 1 aromatic heterocycles. The number of piperidine rings is 1. The van der Waals surface area contributed by atoms with Gasteiger partial charge in [0.05, 0.1) is 11.1 Å². The number of carbonyl (C=O) groups excluding carboxylic acids is 2. The maximum absolute atomic E-state index is 13.1. The zero-order chi connectivity index (χ0) is 17.4. The Morgan fingerprint density at radius 2 is 2.12 bits per heavy atom. The van der Waals surface area contributed by atoms with Crippen LogP contribution >= 0.6 is 0 Å². The topological polar surface area (TPSA) is 71.1 Å². The highest BCUT2D eigenvalue weighted by Gasteiger charge is 2.29. The first-order valence-electron chi connectivity index (χ1n) is 9.12. The first-order chi connectivity index (χ1) is 12.1. The number of nitrogens with zero attached hydrogens (tertiary/aromatic N) is 1. The van der Waals surface area contributed by atoms with E-state index < -0.39 is 6.04 Å². The monoisotopic (exact) mass is 337 g/mol. The Kier molecular flexibility index (Phi) is 4.15. The summed E-state index contributed by atoms with van der Waals surface area (Å²) in [5.74, 6) is 0.311. The van der Waals surface area contributed by atoms with E-state index in [4.69, 9.17) is 4.98 Å². The van der Waals surface area contributed by atoms with Crippen molar-refractivity contribution in [3.63, 3.8) is 0 Å². The van der Waals surface area contributed by atoms with Gasteiger partial charge in [0.15, 0.2) is 0 Å². The van der Waals surface area contributed by atoms with Crippen LogP contribution in [-0.4, -0.2) is 29.4 Å². The number of amides is 2. The highest BCUT2D eigenvalue weighted by Crippen LogP contribution is 2.31. The van der Waals surface area contributed by atoms with Gasteiger partial charge in [0.25, 0.3) is 5.91 Å². The summed E-state index contributed by atoms with van der Waals surface area (Å²) in [6.07, 6.45) is 4.46. The van der Waals surface area contributed by atoms with Crippen molar-refractivity contribution in [3.05, 3.63) is 41.1 Å². The van der Waals surface area contributed by atoms with Crippen LogP contribution in [0.15, 0.2) is 24.3 Å². The molecule has 1 aromatic carbocycles. The van der Waals surface area contributed by atoms with Crippen molar-refractivity contribution < 1.29 is 9.59 Å². The minimum atomic E-state index is -0.440. The Labute approximate surface area is 147 Å². The molecule has 0 saturated carbocycles. The van der Waals surface area contributed by atoms with E-state index in [0.717, 1.165) is 47.8 Å². The van der Waals surface area contributed by atoms with Crippen molar-refractivity contribution in [1.29, 1.82) is 0 Å². The molecule has 25 heavy (non-hydrogen) atoms. The fraction of sp³-hybridized carbons (Fsp3) is 0.450. The Morgan fingerprint density at radius 1 is 1.28 bits per heavy atom. The standard InChI is InChI=1S/C20H23N3O2/c1-12-8-9-16-14(11-12)18(13-5-2-3-6-15(13)22-16)20(25)23-17-7-4-10-21-19(17)24/h2-3,5-6,12,17H,4,7-11H2,1H3,(H,21,24)(H,23,25)/t12-,17+/m1/s1. The fourth-order valence-corrected chi connectivity index (χ4v) is 3.96. The van der Waals surface area contributed by atoms with Crippen molar-refractivity contribution in [1.82, 2.24) is 15.6 Å². The molecule has 2 amide bonds. The first-order valence-corrected chi connectivity index (χ1v) is 9.12. The van der Waals surface area contributed by atoms with E-state index in [9.17, 15) is 9.59 Å². The van der Waals surface area contributed by atoms with Crippen LogP contribution in [-0.2, 0) is 17.6 Å². The Morgan fingerprint density at radius 3 is 2.96 bits per heavy atom. The van der Waals surface area contributed by atoms with E-state index in [1.165, 1.54) is 0 Å².